The molecule has 0 aliphatic carbocycles. The summed E-state index contributed by atoms with van der Waals surface area (Å²) in [6.07, 6.45) is 0.438. The molecule has 0 saturated carbocycles. The van der Waals surface area contributed by atoms with Crippen molar-refractivity contribution in [3.05, 3.63) is 0 Å². The molecule has 15 heavy (non-hydrogen) atoms. The Kier molecular flexibility index (Phi) is 4.10. The Labute approximate surface area is 89.3 Å². The van der Waals surface area contributed by atoms with Crippen LogP contribution in [0.3, 0.4) is 0 Å². The van der Waals surface area contributed by atoms with Gasteiger partial charge in [-0.2, -0.15) is 5.26 Å². The molecule has 2 amide bonds. The van der Waals surface area contributed by atoms with Gasteiger partial charge in [0.05, 0.1) is 6.07 Å². The number of carbonyl (C=O) groups is 2. The molecular weight excluding hydrogens is 194 g/mol. The van der Waals surface area contributed by atoms with Crippen LogP contribution in [0.1, 0.15) is 19.8 Å². The molecule has 0 bridgehead atoms. The lowest BCUT2D eigenvalue weighted by Gasteiger charge is -2.34. The van der Waals surface area contributed by atoms with Gasteiger partial charge >= 0.3 is 0 Å². The molecule has 0 radical (unpaired) electrons. The monoisotopic (exact) mass is 209 g/mol. The number of nitrogens with zero attached hydrogens (tertiary/aromatic N) is 3. The molecule has 0 aromatic rings. The quantitative estimate of drug-likeness (QED) is 0.642. The van der Waals surface area contributed by atoms with Gasteiger partial charge in [-0.15, -0.1) is 0 Å². The average Bonchev–Trinajstić information content (AvgIpc) is 2.28. The number of carbonyl (C=O) groups excluding carboxylic acids is 2. The second kappa shape index (κ2) is 5.35. The van der Waals surface area contributed by atoms with Gasteiger partial charge < -0.3 is 9.80 Å². The van der Waals surface area contributed by atoms with E-state index in [9.17, 15) is 9.59 Å². The fourth-order valence-corrected chi connectivity index (χ4v) is 1.61. The molecule has 0 aromatic carbocycles. The summed E-state index contributed by atoms with van der Waals surface area (Å²) in [5.41, 5.74) is 0. The lowest BCUT2D eigenvalue weighted by Crippen LogP contribution is -2.50. The first-order chi connectivity index (χ1) is 7.19. The zero-order valence-electron chi connectivity index (χ0n) is 8.90. The molecule has 1 aliphatic rings. The summed E-state index contributed by atoms with van der Waals surface area (Å²) in [6, 6.07) is 1.84. The SMILES string of the molecule is CCC(=O)N1CCN(C(=O)CC#N)CC1. The van der Waals surface area contributed by atoms with E-state index in [0.717, 1.165) is 0 Å². The smallest absolute Gasteiger partial charge is 0.236 e. The highest BCUT2D eigenvalue weighted by molar-refractivity contribution is 5.79. The second-order valence-corrected chi connectivity index (χ2v) is 3.45. The molecule has 5 nitrogen and oxygen atoms in total. The summed E-state index contributed by atoms with van der Waals surface area (Å²) >= 11 is 0. The van der Waals surface area contributed by atoms with Crippen molar-refractivity contribution in [3.8, 4) is 6.07 Å². The molecule has 0 aromatic heterocycles. The minimum Gasteiger partial charge on any atom is -0.339 e. The van der Waals surface area contributed by atoms with Gasteiger partial charge in [0.25, 0.3) is 0 Å². The van der Waals surface area contributed by atoms with Gasteiger partial charge in [-0.05, 0) is 0 Å². The topological polar surface area (TPSA) is 64.4 Å². The van der Waals surface area contributed by atoms with Crippen molar-refractivity contribution in [3.63, 3.8) is 0 Å². The van der Waals surface area contributed by atoms with Gasteiger partial charge in [0, 0.05) is 32.6 Å². The third-order valence-electron chi connectivity index (χ3n) is 2.52. The van der Waals surface area contributed by atoms with Crippen LogP contribution in [0.2, 0.25) is 0 Å². The van der Waals surface area contributed by atoms with Crippen molar-refractivity contribution < 1.29 is 9.59 Å². The van der Waals surface area contributed by atoms with Gasteiger partial charge in [-0.1, -0.05) is 6.92 Å². The van der Waals surface area contributed by atoms with E-state index < -0.39 is 0 Å². The molecule has 0 unspecified atom stereocenters. The maximum atomic E-state index is 11.3. The van der Waals surface area contributed by atoms with Gasteiger partial charge in [0.2, 0.25) is 11.8 Å². The molecule has 1 aliphatic heterocycles. The highest BCUT2D eigenvalue weighted by atomic mass is 16.2. The van der Waals surface area contributed by atoms with Crippen molar-refractivity contribution in [1.82, 2.24) is 9.80 Å². The first kappa shape index (κ1) is 11.5. The van der Waals surface area contributed by atoms with Crippen LogP contribution in [0, 0.1) is 11.3 Å². The van der Waals surface area contributed by atoms with Crippen molar-refractivity contribution >= 4 is 11.8 Å². The maximum Gasteiger partial charge on any atom is 0.236 e. The number of hydrogen-bond acceptors (Lipinski definition) is 3. The van der Waals surface area contributed by atoms with Crippen LogP contribution in [-0.2, 0) is 9.59 Å². The standard InChI is InChI=1S/C10H15N3O2/c1-2-9(14)12-5-7-13(8-6-12)10(15)3-4-11/h2-3,5-8H2,1H3. The summed E-state index contributed by atoms with van der Waals surface area (Å²) in [6.45, 7) is 4.10. The summed E-state index contributed by atoms with van der Waals surface area (Å²) < 4.78 is 0. The maximum absolute atomic E-state index is 11.3. The Morgan fingerprint density at radius 2 is 1.60 bits per heavy atom. The van der Waals surface area contributed by atoms with Gasteiger partial charge in [0.1, 0.15) is 6.42 Å². The van der Waals surface area contributed by atoms with E-state index >= 15 is 0 Å². The van der Waals surface area contributed by atoms with Crippen LogP contribution < -0.4 is 0 Å². The number of amides is 2. The molecule has 1 heterocycles. The third kappa shape index (κ3) is 2.94. The predicted molar refractivity (Wildman–Crippen MR) is 53.7 cm³/mol. The zero-order valence-corrected chi connectivity index (χ0v) is 8.90. The van der Waals surface area contributed by atoms with E-state index in [2.05, 4.69) is 0 Å². The van der Waals surface area contributed by atoms with Crippen LogP contribution in [0.5, 0.6) is 0 Å². The molecule has 0 N–H and O–H groups in total. The van der Waals surface area contributed by atoms with E-state index in [4.69, 9.17) is 5.26 Å². The minimum atomic E-state index is -0.138. The van der Waals surface area contributed by atoms with Crippen LogP contribution in [0.25, 0.3) is 0 Å². The lowest BCUT2D eigenvalue weighted by atomic mass is 10.2. The molecular formula is C10H15N3O2. The van der Waals surface area contributed by atoms with Crippen LogP contribution >= 0.6 is 0 Å². The van der Waals surface area contributed by atoms with Crippen LogP contribution in [0.4, 0.5) is 0 Å². The highest BCUT2D eigenvalue weighted by Gasteiger charge is 2.22. The van der Waals surface area contributed by atoms with Crippen LogP contribution in [-0.4, -0.2) is 47.8 Å². The number of hydrogen-bond donors (Lipinski definition) is 0. The Morgan fingerprint density at radius 1 is 1.13 bits per heavy atom. The van der Waals surface area contributed by atoms with E-state index in [-0.39, 0.29) is 18.2 Å². The Hall–Kier alpha value is -1.57. The zero-order chi connectivity index (χ0) is 11.3. The summed E-state index contributed by atoms with van der Waals surface area (Å²) in [7, 11) is 0. The van der Waals surface area contributed by atoms with Crippen molar-refractivity contribution in [2.24, 2.45) is 0 Å². The van der Waals surface area contributed by atoms with Gasteiger partial charge in [-0.3, -0.25) is 9.59 Å². The lowest BCUT2D eigenvalue weighted by molar-refractivity contribution is -0.138. The number of rotatable bonds is 2. The number of nitriles is 1. The highest BCUT2D eigenvalue weighted by Crippen LogP contribution is 2.04. The summed E-state index contributed by atoms with van der Waals surface area (Å²) in [4.78, 5) is 26.1. The first-order valence-corrected chi connectivity index (χ1v) is 5.11. The largest absolute Gasteiger partial charge is 0.339 e. The molecule has 0 spiro atoms. The molecule has 82 valence electrons. The molecule has 1 saturated heterocycles. The van der Waals surface area contributed by atoms with Crippen molar-refractivity contribution in [1.29, 1.82) is 5.26 Å². The van der Waals surface area contributed by atoms with E-state index in [0.29, 0.717) is 32.6 Å². The number of piperazine rings is 1. The van der Waals surface area contributed by atoms with Gasteiger partial charge in [-0.25, -0.2) is 0 Å². The summed E-state index contributed by atoms with van der Waals surface area (Å²) in [5.74, 6) is -0.0107. The summed E-state index contributed by atoms with van der Waals surface area (Å²) in [5, 5.41) is 8.38. The van der Waals surface area contributed by atoms with E-state index in [1.165, 1.54) is 0 Å². The van der Waals surface area contributed by atoms with Gasteiger partial charge in [0.15, 0.2) is 0 Å². The Morgan fingerprint density at radius 3 is 2.00 bits per heavy atom. The van der Waals surface area contributed by atoms with E-state index in [1.807, 2.05) is 13.0 Å². The fraction of sp³-hybridized carbons (Fsp3) is 0.700. The fourth-order valence-electron chi connectivity index (χ4n) is 1.61. The molecule has 1 fully saturated rings. The molecule has 0 atom stereocenters. The predicted octanol–water partition coefficient (Wildman–Crippen LogP) is -0.0191. The van der Waals surface area contributed by atoms with Crippen molar-refractivity contribution in [2.75, 3.05) is 26.2 Å². The van der Waals surface area contributed by atoms with Crippen LogP contribution in [0.15, 0.2) is 0 Å². The molecule has 1 rings (SSSR count). The van der Waals surface area contributed by atoms with E-state index in [1.54, 1.807) is 9.80 Å². The normalized spacial score (nSPS) is 16.0. The first-order valence-electron chi connectivity index (χ1n) is 5.11. The second-order valence-electron chi connectivity index (χ2n) is 3.45. The minimum absolute atomic E-state index is 0.0677. The third-order valence-corrected chi connectivity index (χ3v) is 2.52. The Bertz CT molecular complexity index is 288. The van der Waals surface area contributed by atoms with Crippen molar-refractivity contribution in [2.45, 2.75) is 19.8 Å². The molecule has 5 heteroatoms. The average molecular weight is 209 g/mol. The Balaban J connectivity index is 2.39.